The molecule has 4 fully saturated rings. The Morgan fingerprint density at radius 2 is 2.07 bits per heavy atom. The van der Waals surface area contributed by atoms with Gasteiger partial charge in [0.2, 0.25) is 5.91 Å². The van der Waals surface area contributed by atoms with Crippen LogP contribution in [0.1, 0.15) is 60.3 Å². The zero-order valence-electron chi connectivity index (χ0n) is 17.7. The van der Waals surface area contributed by atoms with Crippen molar-refractivity contribution in [2.45, 2.75) is 83.8 Å². The SMILES string of the molecule is CC(C)C[C@H]1OC[C@@]23C(O)N(C(=O)OC(C)(C)C)CC[C@@H]2[C@@H]2CCC(=O)N[C@@]123. The van der Waals surface area contributed by atoms with Crippen LogP contribution in [0.5, 0.6) is 0 Å². The minimum absolute atomic E-state index is 0.0231. The number of piperidine rings is 2. The zero-order chi connectivity index (χ0) is 20.5. The number of hydrogen-bond donors (Lipinski definition) is 2. The molecule has 158 valence electrons. The molecule has 2 N–H and O–H groups in total. The lowest BCUT2D eigenvalue weighted by Crippen LogP contribution is -2.86. The maximum atomic E-state index is 12.8. The number of fused-ring (bicyclic) bond motifs is 1. The van der Waals surface area contributed by atoms with Gasteiger partial charge in [0.15, 0.2) is 0 Å². The van der Waals surface area contributed by atoms with Crippen LogP contribution in [0.15, 0.2) is 0 Å². The molecule has 1 aliphatic carbocycles. The van der Waals surface area contributed by atoms with E-state index in [2.05, 4.69) is 19.2 Å². The molecular formula is C21H34N2O5. The first-order valence-electron chi connectivity index (χ1n) is 10.6. The van der Waals surface area contributed by atoms with Crippen LogP contribution in [0.25, 0.3) is 0 Å². The minimum Gasteiger partial charge on any atom is -0.444 e. The van der Waals surface area contributed by atoms with Crippen molar-refractivity contribution in [1.82, 2.24) is 10.2 Å². The molecular weight excluding hydrogens is 360 g/mol. The smallest absolute Gasteiger partial charge is 0.412 e. The topological polar surface area (TPSA) is 88.1 Å². The fourth-order valence-electron chi connectivity index (χ4n) is 6.48. The summed E-state index contributed by atoms with van der Waals surface area (Å²) in [5.41, 5.74) is -1.86. The van der Waals surface area contributed by atoms with Crippen LogP contribution in [0, 0.1) is 23.2 Å². The van der Waals surface area contributed by atoms with Gasteiger partial charge in [-0.25, -0.2) is 4.79 Å². The molecule has 4 aliphatic rings. The van der Waals surface area contributed by atoms with Gasteiger partial charge >= 0.3 is 6.09 Å². The van der Waals surface area contributed by atoms with Gasteiger partial charge in [-0.2, -0.15) is 0 Å². The Morgan fingerprint density at radius 3 is 2.71 bits per heavy atom. The summed E-state index contributed by atoms with van der Waals surface area (Å²) in [6.07, 6.45) is 1.33. The summed E-state index contributed by atoms with van der Waals surface area (Å²) in [4.78, 5) is 26.7. The monoisotopic (exact) mass is 394 g/mol. The third kappa shape index (κ3) is 2.54. The Balaban J connectivity index is 1.69. The van der Waals surface area contributed by atoms with Crippen molar-refractivity contribution in [3.8, 4) is 0 Å². The molecule has 7 nitrogen and oxygen atoms in total. The summed E-state index contributed by atoms with van der Waals surface area (Å²) >= 11 is 0. The molecule has 3 saturated heterocycles. The van der Waals surface area contributed by atoms with Crippen LogP contribution < -0.4 is 5.32 Å². The molecule has 4 rings (SSSR count). The predicted octanol–water partition coefficient (Wildman–Crippen LogP) is 2.27. The number of nitrogens with zero attached hydrogens (tertiary/aromatic N) is 1. The Kier molecular flexibility index (Phi) is 4.51. The number of rotatable bonds is 2. The number of aliphatic hydroxyl groups is 1. The molecule has 1 unspecified atom stereocenters. The van der Waals surface area contributed by atoms with E-state index in [4.69, 9.17) is 9.47 Å². The maximum Gasteiger partial charge on any atom is 0.412 e. The van der Waals surface area contributed by atoms with Crippen molar-refractivity contribution in [3.63, 3.8) is 0 Å². The summed E-state index contributed by atoms with van der Waals surface area (Å²) in [7, 11) is 0. The summed E-state index contributed by atoms with van der Waals surface area (Å²) in [5.74, 6) is 0.983. The molecule has 2 spiro atoms. The second kappa shape index (κ2) is 6.33. The second-order valence-corrected chi connectivity index (χ2v) is 10.5. The molecule has 3 aliphatic heterocycles. The van der Waals surface area contributed by atoms with Gasteiger partial charge in [0.1, 0.15) is 11.8 Å². The van der Waals surface area contributed by atoms with Crippen LogP contribution in [0.2, 0.25) is 0 Å². The van der Waals surface area contributed by atoms with E-state index < -0.39 is 28.9 Å². The standard InChI is InChI=1S/C21H34N2O5/c1-12(2)10-15-21-14(6-7-16(24)22-21)13-8-9-23(18(26)28-19(3,4)5)17(25)20(13,21)11-27-15/h12-15,17,25H,6-11H2,1-5H3,(H,22,24)/t13-,14+,15-,17?,20+,21-/m1/s1. The van der Waals surface area contributed by atoms with Gasteiger partial charge in [0.25, 0.3) is 0 Å². The number of hydrogen-bond acceptors (Lipinski definition) is 5. The molecule has 0 aromatic carbocycles. The lowest BCUT2D eigenvalue weighted by atomic mass is 9.37. The lowest BCUT2D eigenvalue weighted by molar-refractivity contribution is -0.265. The van der Waals surface area contributed by atoms with Gasteiger partial charge in [-0.3, -0.25) is 9.69 Å². The highest BCUT2D eigenvalue weighted by Gasteiger charge is 2.82. The van der Waals surface area contributed by atoms with Gasteiger partial charge < -0.3 is 19.9 Å². The Bertz CT molecular complexity index is 674. The molecule has 28 heavy (non-hydrogen) atoms. The third-order valence-electron chi connectivity index (χ3n) is 7.31. The number of likely N-dealkylation sites (tertiary alicyclic amines) is 1. The molecule has 0 aromatic rings. The molecule has 0 radical (unpaired) electrons. The quantitative estimate of drug-likeness (QED) is 0.750. The third-order valence-corrected chi connectivity index (χ3v) is 7.31. The van der Waals surface area contributed by atoms with E-state index in [1.165, 1.54) is 4.90 Å². The first kappa shape index (κ1) is 20.0. The molecule has 0 aromatic heterocycles. The largest absolute Gasteiger partial charge is 0.444 e. The van der Waals surface area contributed by atoms with Crippen molar-refractivity contribution >= 4 is 12.0 Å². The van der Waals surface area contributed by atoms with Crippen LogP contribution in [-0.2, 0) is 14.3 Å². The predicted molar refractivity (Wildman–Crippen MR) is 102 cm³/mol. The zero-order valence-corrected chi connectivity index (χ0v) is 17.7. The summed E-state index contributed by atoms with van der Waals surface area (Å²) in [6.45, 7) is 10.6. The van der Waals surface area contributed by atoms with E-state index in [0.29, 0.717) is 31.4 Å². The summed E-state index contributed by atoms with van der Waals surface area (Å²) in [6, 6.07) is 0. The first-order valence-corrected chi connectivity index (χ1v) is 10.6. The fraction of sp³-hybridized carbons (Fsp3) is 0.905. The van der Waals surface area contributed by atoms with Crippen molar-refractivity contribution < 1.29 is 24.2 Å². The Morgan fingerprint density at radius 1 is 1.36 bits per heavy atom. The number of ether oxygens (including phenoxy) is 2. The lowest BCUT2D eigenvalue weighted by Gasteiger charge is -2.72. The summed E-state index contributed by atoms with van der Waals surface area (Å²) in [5, 5.41) is 14.7. The first-order chi connectivity index (χ1) is 13.0. The highest BCUT2D eigenvalue weighted by atomic mass is 16.6. The van der Waals surface area contributed by atoms with E-state index in [-0.39, 0.29) is 17.9 Å². The number of amides is 2. The van der Waals surface area contributed by atoms with Crippen molar-refractivity contribution in [2.75, 3.05) is 13.2 Å². The van der Waals surface area contributed by atoms with Gasteiger partial charge in [0.05, 0.1) is 23.7 Å². The van der Waals surface area contributed by atoms with Crippen molar-refractivity contribution in [1.29, 1.82) is 0 Å². The number of nitrogens with one attached hydrogen (secondary N) is 1. The molecule has 2 amide bonds. The molecule has 1 saturated carbocycles. The van der Waals surface area contributed by atoms with Crippen LogP contribution in [0.4, 0.5) is 4.79 Å². The van der Waals surface area contributed by atoms with Crippen LogP contribution >= 0.6 is 0 Å². The van der Waals surface area contributed by atoms with Gasteiger partial charge in [-0.05, 0) is 57.8 Å². The number of carbonyl (C=O) groups is 2. The van der Waals surface area contributed by atoms with E-state index in [9.17, 15) is 14.7 Å². The van der Waals surface area contributed by atoms with Gasteiger partial charge in [-0.1, -0.05) is 13.8 Å². The minimum atomic E-state index is -1.02. The van der Waals surface area contributed by atoms with Gasteiger partial charge in [-0.15, -0.1) is 0 Å². The van der Waals surface area contributed by atoms with E-state index >= 15 is 0 Å². The molecule has 7 heteroatoms. The molecule has 3 heterocycles. The van der Waals surface area contributed by atoms with Crippen LogP contribution in [0.3, 0.4) is 0 Å². The van der Waals surface area contributed by atoms with E-state index in [0.717, 1.165) is 19.3 Å². The van der Waals surface area contributed by atoms with Crippen molar-refractivity contribution in [2.24, 2.45) is 23.2 Å². The highest BCUT2D eigenvalue weighted by molar-refractivity contribution is 5.79. The normalized spacial score (nSPS) is 42.2. The van der Waals surface area contributed by atoms with Crippen LogP contribution in [-0.4, -0.2) is 58.6 Å². The second-order valence-electron chi connectivity index (χ2n) is 10.5. The van der Waals surface area contributed by atoms with Gasteiger partial charge in [0, 0.05) is 13.0 Å². The molecule has 6 atom stereocenters. The average Bonchev–Trinajstić information content (AvgIpc) is 2.77. The highest BCUT2D eigenvalue weighted by Crippen LogP contribution is 2.71. The average molecular weight is 395 g/mol. The Hall–Kier alpha value is -1.34. The Labute approximate surface area is 167 Å². The molecule has 0 bridgehead atoms. The summed E-state index contributed by atoms with van der Waals surface area (Å²) < 4.78 is 11.8. The van der Waals surface area contributed by atoms with E-state index in [1.54, 1.807) is 0 Å². The van der Waals surface area contributed by atoms with Crippen molar-refractivity contribution in [3.05, 3.63) is 0 Å². The fourth-order valence-corrected chi connectivity index (χ4v) is 6.48. The number of aliphatic hydroxyl groups excluding tert-OH is 1. The van der Waals surface area contributed by atoms with E-state index in [1.807, 2.05) is 20.8 Å². The number of carbonyl (C=O) groups excluding carboxylic acids is 2. The maximum absolute atomic E-state index is 12.8.